The van der Waals surface area contributed by atoms with Gasteiger partial charge in [0.1, 0.15) is 0 Å². The molecule has 0 heterocycles. The summed E-state index contributed by atoms with van der Waals surface area (Å²) in [5.74, 6) is 12.2. The normalized spacial score (nSPS) is 9.18. The first-order valence-electron chi connectivity index (χ1n) is 8.79. The second-order valence-electron chi connectivity index (χ2n) is 5.90. The second kappa shape index (κ2) is 9.62. The number of ether oxygens (including phenoxy) is 1. The van der Waals surface area contributed by atoms with Crippen molar-refractivity contribution in [3.63, 3.8) is 0 Å². The second-order valence-corrected chi connectivity index (χ2v) is 5.90. The predicted molar refractivity (Wildman–Crippen MR) is 112 cm³/mol. The van der Waals surface area contributed by atoms with Gasteiger partial charge in [-0.3, -0.25) is 0 Å². The molecule has 0 aliphatic heterocycles. The molecule has 0 saturated carbocycles. The number of methoxy groups -OCH3 is 1. The summed E-state index contributed by atoms with van der Waals surface area (Å²) in [6, 6.07) is 26.7. The number of rotatable bonds is 2. The summed E-state index contributed by atoms with van der Waals surface area (Å²) in [6.45, 7) is 0. The van der Waals surface area contributed by atoms with Gasteiger partial charge in [-0.15, -0.1) is 0 Å². The average Bonchev–Trinajstić information content (AvgIpc) is 2.77. The maximum atomic E-state index is 11.6. The third-order valence-electron chi connectivity index (χ3n) is 3.87. The smallest absolute Gasteiger partial charge is 0.337 e. The Morgan fingerprint density at radius 1 is 0.750 bits per heavy atom. The highest BCUT2D eigenvalue weighted by molar-refractivity contribution is 5.89. The van der Waals surface area contributed by atoms with Crippen molar-refractivity contribution in [3.05, 3.63) is 113 Å². The molecule has 0 radical (unpaired) electrons. The molecule has 0 aromatic heterocycles. The van der Waals surface area contributed by atoms with Crippen LogP contribution in [0.3, 0.4) is 0 Å². The quantitative estimate of drug-likeness (QED) is 0.476. The maximum absolute atomic E-state index is 11.6. The van der Waals surface area contributed by atoms with Crippen LogP contribution in [0.2, 0.25) is 0 Å². The van der Waals surface area contributed by atoms with Crippen LogP contribution in [0.25, 0.3) is 6.08 Å². The van der Waals surface area contributed by atoms with Gasteiger partial charge in [-0.1, -0.05) is 72.2 Å². The Morgan fingerprint density at radius 3 is 1.71 bits per heavy atom. The molecular weight excluding hydrogens is 344 g/mol. The Labute approximate surface area is 165 Å². The minimum Gasteiger partial charge on any atom is -0.465 e. The fraction of sp³-hybridized carbons (Fsp3) is 0.0385. The van der Waals surface area contributed by atoms with Crippen molar-refractivity contribution in [3.8, 4) is 23.7 Å². The molecule has 134 valence electrons. The number of carbonyl (C=O) groups excluding carboxylic acids is 1. The molecule has 0 fully saturated rings. The lowest BCUT2D eigenvalue weighted by Crippen LogP contribution is -2.00. The van der Waals surface area contributed by atoms with Crippen molar-refractivity contribution in [2.24, 2.45) is 0 Å². The van der Waals surface area contributed by atoms with E-state index in [0.717, 1.165) is 16.7 Å². The molecule has 0 saturated heterocycles. The van der Waals surface area contributed by atoms with Gasteiger partial charge in [0, 0.05) is 11.1 Å². The van der Waals surface area contributed by atoms with Crippen molar-refractivity contribution in [1.82, 2.24) is 0 Å². The fourth-order valence-corrected chi connectivity index (χ4v) is 2.43. The van der Waals surface area contributed by atoms with Gasteiger partial charge in [-0.25, -0.2) is 4.79 Å². The summed E-state index contributed by atoms with van der Waals surface area (Å²) in [6.07, 6.45) is 1.91. The van der Waals surface area contributed by atoms with Crippen LogP contribution in [-0.2, 0) is 4.74 Å². The average molecular weight is 362 g/mol. The zero-order chi connectivity index (χ0) is 19.6. The van der Waals surface area contributed by atoms with Crippen molar-refractivity contribution >= 4 is 12.0 Å². The van der Waals surface area contributed by atoms with E-state index < -0.39 is 0 Å². The molecule has 3 aromatic rings. The van der Waals surface area contributed by atoms with E-state index in [1.54, 1.807) is 12.1 Å². The van der Waals surface area contributed by atoms with Crippen LogP contribution in [0.1, 0.15) is 27.0 Å². The topological polar surface area (TPSA) is 26.3 Å². The van der Waals surface area contributed by atoms with E-state index in [0.29, 0.717) is 11.1 Å². The molecule has 28 heavy (non-hydrogen) atoms. The lowest BCUT2D eigenvalue weighted by molar-refractivity contribution is 0.0600. The lowest BCUT2D eigenvalue weighted by Gasteiger charge is -1.99. The Hall–Kier alpha value is -4.01. The summed E-state index contributed by atoms with van der Waals surface area (Å²) in [5.41, 5.74) is 3.96. The summed E-state index contributed by atoms with van der Waals surface area (Å²) in [5, 5.41) is 0. The van der Waals surface area contributed by atoms with Crippen LogP contribution < -0.4 is 0 Å². The van der Waals surface area contributed by atoms with E-state index in [-0.39, 0.29) is 5.97 Å². The number of esters is 1. The number of allylic oxidation sites excluding steroid dienone is 1. The highest BCUT2D eigenvalue weighted by Crippen LogP contribution is 2.10. The molecule has 2 nitrogen and oxygen atoms in total. The highest BCUT2D eigenvalue weighted by Gasteiger charge is 2.03. The minimum atomic E-state index is -0.358. The number of carbonyl (C=O) groups is 1. The number of hydrogen-bond acceptors (Lipinski definition) is 2. The Morgan fingerprint density at radius 2 is 1.25 bits per heavy atom. The van der Waals surface area contributed by atoms with Crippen molar-refractivity contribution in [2.45, 2.75) is 0 Å². The third kappa shape index (κ3) is 5.49. The zero-order valence-corrected chi connectivity index (χ0v) is 15.5. The van der Waals surface area contributed by atoms with Crippen molar-refractivity contribution in [1.29, 1.82) is 0 Å². The monoisotopic (exact) mass is 362 g/mol. The van der Waals surface area contributed by atoms with E-state index in [2.05, 4.69) is 23.7 Å². The van der Waals surface area contributed by atoms with Gasteiger partial charge < -0.3 is 4.74 Å². The first kappa shape index (κ1) is 18.8. The Bertz CT molecular complexity index is 1030. The number of hydrogen-bond donors (Lipinski definition) is 0. The third-order valence-corrected chi connectivity index (χ3v) is 3.87. The molecule has 0 aliphatic carbocycles. The highest BCUT2D eigenvalue weighted by atomic mass is 16.5. The van der Waals surface area contributed by atoms with Crippen LogP contribution in [0.4, 0.5) is 0 Å². The molecule has 0 atom stereocenters. The molecule has 0 amide bonds. The SMILES string of the molecule is COC(=O)c1ccc(C=C(C#Cc2ccccc2)C#Cc2ccccc2)cc1. The Kier molecular flexibility index (Phi) is 6.45. The molecule has 0 unspecified atom stereocenters. The van der Waals surface area contributed by atoms with E-state index in [4.69, 9.17) is 4.74 Å². The maximum Gasteiger partial charge on any atom is 0.337 e. The fourth-order valence-electron chi connectivity index (χ4n) is 2.43. The number of benzene rings is 3. The van der Waals surface area contributed by atoms with Gasteiger partial charge in [-0.05, 0) is 48.0 Å². The van der Waals surface area contributed by atoms with E-state index in [9.17, 15) is 4.79 Å². The molecule has 3 rings (SSSR count). The van der Waals surface area contributed by atoms with Crippen LogP contribution in [0, 0.1) is 23.7 Å². The minimum absolute atomic E-state index is 0.358. The zero-order valence-electron chi connectivity index (χ0n) is 15.5. The Balaban J connectivity index is 1.94. The standard InChI is InChI=1S/C26H18O2/c1-28-26(27)25-18-16-24(17-19-25)20-23(14-12-21-8-4-2-5-9-21)15-13-22-10-6-3-7-11-22/h2-11,16-20H,1H3. The molecular formula is C26H18O2. The lowest BCUT2D eigenvalue weighted by atomic mass is 10.1. The van der Waals surface area contributed by atoms with E-state index >= 15 is 0 Å². The summed E-state index contributed by atoms with van der Waals surface area (Å²) >= 11 is 0. The molecule has 2 heteroatoms. The van der Waals surface area contributed by atoms with Crippen molar-refractivity contribution in [2.75, 3.05) is 7.11 Å². The summed E-state index contributed by atoms with van der Waals surface area (Å²) in [7, 11) is 1.37. The van der Waals surface area contributed by atoms with Gasteiger partial charge in [0.25, 0.3) is 0 Å². The largest absolute Gasteiger partial charge is 0.465 e. The van der Waals surface area contributed by atoms with Crippen LogP contribution in [0.5, 0.6) is 0 Å². The van der Waals surface area contributed by atoms with Crippen LogP contribution in [-0.4, -0.2) is 13.1 Å². The van der Waals surface area contributed by atoms with Crippen LogP contribution >= 0.6 is 0 Å². The molecule has 0 spiro atoms. The molecule has 0 N–H and O–H groups in total. The van der Waals surface area contributed by atoms with E-state index in [1.807, 2.05) is 78.9 Å². The van der Waals surface area contributed by atoms with Gasteiger partial charge >= 0.3 is 5.97 Å². The van der Waals surface area contributed by atoms with Crippen molar-refractivity contribution < 1.29 is 9.53 Å². The molecule has 0 aliphatic rings. The molecule has 3 aromatic carbocycles. The predicted octanol–water partition coefficient (Wildman–Crippen LogP) is 4.96. The van der Waals surface area contributed by atoms with Crippen LogP contribution in [0.15, 0.2) is 90.5 Å². The van der Waals surface area contributed by atoms with Gasteiger partial charge in [0.15, 0.2) is 0 Å². The molecule has 0 bridgehead atoms. The van der Waals surface area contributed by atoms with Gasteiger partial charge in [-0.2, -0.15) is 0 Å². The van der Waals surface area contributed by atoms with Gasteiger partial charge in [0.05, 0.1) is 18.2 Å². The van der Waals surface area contributed by atoms with Gasteiger partial charge in [0.2, 0.25) is 0 Å². The summed E-state index contributed by atoms with van der Waals surface area (Å²) < 4.78 is 4.73. The first-order valence-corrected chi connectivity index (χ1v) is 8.79. The summed E-state index contributed by atoms with van der Waals surface area (Å²) in [4.78, 5) is 11.6. The first-order chi connectivity index (χ1) is 13.7. The van der Waals surface area contributed by atoms with E-state index in [1.165, 1.54) is 7.11 Å².